The fraction of sp³-hybridized carbons (Fsp3) is 0.200. The third-order valence-electron chi connectivity index (χ3n) is 3.39. The second-order valence-electron chi connectivity index (χ2n) is 5.09. The normalized spacial score (nSPS) is 10.8. The molecule has 0 aliphatic rings. The molecular formula is C20H22N2S4. The van der Waals surface area contributed by atoms with Crippen LogP contribution >= 0.6 is 47.0 Å². The van der Waals surface area contributed by atoms with Gasteiger partial charge in [-0.05, 0) is 60.4 Å². The highest BCUT2D eigenvalue weighted by Gasteiger charge is 1.97. The van der Waals surface area contributed by atoms with Crippen molar-refractivity contribution in [2.45, 2.75) is 0 Å². The molecule has 0 aromatic heterocycles. The molecule has 0 unspecified atom stereocenters. The van der Waals surface area contributed by atoms with Crippen LogP contribution in [0.5, 0.6) is 0 Å². The van der Waals surface area contributed by atoms with Crippen LogP contribution in [0.2, 0.25) is 0 Å². The summed E-state index contributed by atoms with van der Waals surface area (Å²) in [4.78, 5) is 9.21. The molecule has 0 N–H and O–H groups in total. The number of hydrogen-bond donors (Lipinski definition) is 0. The number of benzene rings is 2. The molecule has 0 aliphatic heterocycles. The van der Waals surface area contributed by atoms with Gasteiger partial charge in [-0.15, -0.1) is 47.0 Å². The maximum absolute atomic E-state index is 4.60. The zero-order valence-corrected chi connectivity index (χ0v) is 18.6. The fourth-order valence-corrected chi connectivity index (χ4v) is 4.19. The molecule has 2 nitrogen and oxygen atoms in total. The van der Waals surface area contributed by atoms with Crippen LogP contribution in [0.4, 0.5) is 11.4 Å². The first-order valence-corrected chi connectivity index (χ1v) is 12.8. The SMILES string of the molecule is CSC(=Nc1ccc(/C=C\c2ccc(N=C(SC)SC)cc2)cc1)SC. The summed E-state index contributed by atoms with van der Waals surface area (Å²) in [6.45, 7) is 0. The van der Waals surface area contributed by atoms with Gasteiger partial charge in [0.1, 0.15) is 8.75 Å². The van der Waals surface area contributed by atoms with Gasteiger partial charge in [0, 0.05) is 0 Å². The predicted octanol–water partition coefficient (Wildman–Crippen LogP) is 7.28. The fourth-order valence-electron chi connectivity index (χ4n) is 2.07. The van der Waals surface area contributed by atoms with E-state index in [-0.39, 0.29) is 0 Å². The van der Waals surface area contributed by atoms with Gasteiger partial charge < -0.3 is 0 Å². The molecule has 2 aromatic carbocycles. The van der Waals surface area contributed by atoms with Crippen LogP contribution in [0.1, 0.15) is 11.1 Å². The Morgan fingerprint density at radius 3 is 1.15 bits per heavy atom. The Morgan fingerprint density at radius 1 is 0.577 bits per heavy atom. The molecule has 0 saturated carbocycles. The summed E-state index contributed by atoms with van der Waals surface area (Å²) in [5.41, 5.74) is 4.30. The molecule has 0 saturated heterocycles. The third-order valence-corrected chi connectivity index (χ3v) is 7.16. The Hall–Kier alpha value is -1.08. The molecule has 0 aliphatic carbocycles. The van der Waals surface area contributed by atoms with Crippen molar-refractivity contribution in [2.75, 3.05) is 25.0 Å². The van der Waals surface area contributed by atoms with E-state index in [1.807, 2.05) is 25.0 Å². The molecule has 6 heteroatoms. The summed E-state index contributed by atoms with van der Waals surface area (Å²) in [6, 6.07) is 16.6. The van der Waals surface area contributed by atoms with Crippen LogP contribution in [-0.2, 0) is 0 Å². The highest BCUT2D eigenvalue weighted by Crippen LogP contribution is 2.22. The van der Waals surface area contributed by atoms with Gasteiger partial charge in [-0.25, -0.2) is 9.98 Å². The zero-order chi connectivity index (χ0) is 18.8. The van der Waals surface area contributed by atoms with E-state index in [9.17, 15) is 0 Å². The third kappa shape index (κ3) is 6.91. The topological polar surface area (TPSA) is 24.7 Å². The standard InChI is InChI=1S/C20H22N2S4/c1-23-19(24-2)21-17-11-7-15(8-12-17)5-6-16-9-13-18(14-10-16)22-20(25-3)26-4/h5-14H,1-4H3/b6-5-. The highest BCUT2D eigenvalue weighted by molar-refractivity contribution is 8.38. The predicted molar refractivity (Wildman–Crippen MR) is 130 cm³/mol. The van der Waals surface area contributed by atoms with Crippen LogP contribution in [0.25, 0.3) is 12.2 Å². The summed E-state index contributed by atoms with van der Waals surface area (Å²) in [5.74, 6) is 0. The van der Waals surface area contributed by atoms with Crippen molar-refractivity contribution in [3.8, 4) is 0 Å². The lowest BCUT2D eigenvalue weighted by Crippen LogP contribution is -1.81. The Balaban J connectivity index is 2.05. The minimum absolute atomic E-state index is 0.987. The van der Waals surface area contributed by atoms with Crippen molar-refractivity contribution in [3.05, 3.63) is 59.7 Å². The zero-order valence-electron chi connectivity index (χ0n) is 15.3. The van der Waals surface area contributed by atoms with Crippen LogP contribution in [0.3, 0.4) is 0 Å². The van der Waals surface area contributed by atoms with Gasteiger partial charge in [0.25, 0.3) is 0 Å². The molecular weight excluding hydrogens is 397 g/mol. The summed E-state index contributed by atoms with van der Waals surface area (Å²) in [6.07, 6.45) is 12.4. The maximum Gasteiger partial charge on any atom is 0.130 e. The average molecular weight is 419 g/mol. The van der Waals surface area contributed by atoms with E-state index in [0.717, 1.165) is 31.3 Å². The Morgan fingerprint density at radius 2 is 0.885 bits per heavy atom. The maximum atomic E-state index is 4.60. The molecule has 0 fully saturated rings. The Kier molecular flexibility index (Phi) is 9.46. The minimum atomic E-state index is 0.987. The van der Waals surface area contributed by atoms with E-state index in [2.05, 4.69) is 70.7 Å². The summed E-state index contributed by atoms with van der Waals surface area (Å²) in [5, 5.41) is 0. The summed E-state index contributed by atoms with van der Waals surface area (Å²) in [7, 11) is 0. The lowest BCUT2D eigenvalue weighted by molar-refractivity contribution is 1.53. The first kappa shape index (κ1) is 21.2. The van der Waals surface area contributed by atoms with Crippen molar-refractivity contribution >= 4 is 79.3 Å². The molecule has 0 radical (unpaired) electrons. The van der Waals surface area contributed by atoms with Crippen molar-refractivity contribution in [1.82, 2.24) is 0 Å². The number of thioether (sulfide) groups is 4. The quantitative estimate of drug-likeness (QED) is 0.296. The lowest BCUT2D eigenvalue weighted by Gasteiger charge is -2.01. The van der Waals surface area contributed by atoms with Gasteiger partial charge in [0.15, 0.2) is 0 Å². The van der Waals surface area contributed by atoms with Gasteiger partial charge in [0.05, 0.1) is 11.4 Å². The van der Waals surface area contributed by atoms with Gasteiger partial charge in [-0.3, -0.25) is 0 Å². The number of rotatable bonds is 4. The second kappa shape index (κ2) is 11.6. The minimum Gasteiger partial charge on any atom is -0.235 e. The monoisotopic (exact) mass is 418 g/mol. The Bertz CT molecular complexity index is 699. The van der Waals surface area contributed by atoms with Crippen molar-refractivity contribution < 1.29 is 0 Å². The number of hydrogen-bond acceptors (Lipinski definition) is 6. The molecule has 2 aromatic rings. The number of aliphatic imine (C=N–C) groups is 2. The van der Waals surface area contributed by atoms with E-state index in [1.165, 1.54) is 0 Å². The molecule has 26 heavy (non-hydrogen) atoms. The van der Waals surface area contributed by atoms with Crippen LogP contribution < -0.4 is 0 Å². The van der Waals surface area contributed by atoms with Crippen LogP contribution in [-0.4, -0.2) is 33.8 Å². The number of nitrogens with zero attached hydrogens (tertiary/aromatic N) is 2. The van der Waals surface area contributed by atoms with Crippen LogP contribution in [0, 0.1) is 0 Å². The van der Waals surface area contributed by atoms with E-state index in [4.69, 9.17) is 0 Å². The first-order valence-electron chi connectivity index (χ1n) is 7.90. The molecule has 0 amide bonds. The van der Waals surface area contributed by atoms with Gasteiger partial charge >= 0.3 is 0 Å². The summed E-state index contributed by atoms with van der Waals surface area (Å²) < 4.78 is 2.14. The average Bonchev–Trinajstić information content (AvgIpc) is 2.70. The van der Waals surface area contributed by atoms with E-state index in [0.29, 0.717) is 0 Å². The van der Waals surface area contributed by atoms with E-state index in [1.54, 1.807) is 47.0 Å². The summed E-state index contributed by atoms with van der Waals surface area (Å²) >= 11 is 6.68. The lowest BCUT2D eigenvalue weighted by atomic mass is 10.1. The van der Waals surface area contributed by atoms with Crippen molar-refractivity contribution in [3.63, 3.8) is 0 Å². The molecule has 0 heterocycles. The van der Waals surface area contributed by atoms with E-state index < -0.39 is 0 Å². The van der Waals surface area contributed by atoms with Gasteiger partial charge in [0.2, 0.25) is 0 Å². The van der Waals surface area contributed by atoms with Crippen molar-refractivity contribution in [2.24, 2.45) is 9.98 Å². The van der Waals surface area contributed by atoms with Crippen molar-refractivity contribution in [1.29, 1.82) is 0 Å². The van der Waals surface area contributed by atoms with E-state index >= 15 is 0 Å². The van der Waals surface area contributed by atoms with Gasteiger partial charge in [-0.2, -0.15) is 0 Å². The molecule has 0 bridgehead atoms. The van der Waals surface area contributed by atoms with Crippen LogP contribution in [0.15, 0.2) is 58.5 Å². The molecule has 0 spiro atoms. The first-order chi connectivity index (χ1) is 12.7. The molecule has 2 rings (SSSR count). The molecule has 0 atom stereocenters. The second-order valence-corrected chi connectivity index (χ2v) is 8.78. The Labute approximate surface area is 173 Å². The smallest absolute Gasteiger partial charge is 0.130 e. The van der Waals surface area contributed by atoms with Gasteiger partial charge in [-0.1, -0.05) is 36.4 Å². The largest absolute Gasteiger partial charge is 0.235 e. The highest BCUT2D eigenvalue weighted by atomic mass is 32.2. The molecule has 136 valence electrons.